The molecule has 1 aliphatic carbocycles. The summed E-state index contributed by atoms with van der Waals surface area (Å²) in [6.07, 6.45) is 1.93. The Kier molecular flexibility index (Phi) is 6.17. The number of thioether (sulfide) groups is 1. The first-order valence-corrected chi connectivity index (χ1v) is 9.74. The van der Waals surface area contributed by atoms with Crippen molar-refractivity contribution in [1.29, 1.82) is 0 Å². The summed E-state index contributed by atoms with van der Waals surface area (Å²) in [5.41, 5.74) is 2.36. The minimum absolute atomic E-state index is 0.0576. The molecule has 1 saturated carbocycles. The van der Waals surface area contributed by atoms with Gasteiger partial charge in [-0.25, -0.2) is 4.79 Å². The zero-order valence-corrected chi connectivity index (χ0v) is 15.6. The Labute approximate surface area is 157 Å². The number of aryl methyl sites for hydroxylation is 1. The Morgan fingerprint density at radius 3 is 2.58 bits per heavy atom. The number of carbonyl (C=O) groups excluding carboxylic acids is 2. The van der Waals surface area contributed by atoms with E-state index in [2.05, 4.69) is 28.1 Å². The van der Waals surface area contributed by atoms with Crippen LogP contribution in [-0.4, -0.2) is 24.2 Å². The van der Waals surface area contributed by atoms with Gasteiger partial charge in [0.05, 0.1) is 0 Å². The Morgan fingerprint density at radius 2 is 1.85 bits per heavy atom. The van der Waals surface area contributed by atoms with Gasteiger partial charge in [0.2, 0.25) is 5.91 Å². The summed E-state index contributed by atoms with van der Waals surface area (Å²) in [6.45, 7) is 2.50. The van der Waals surface area contributed by atoms with Gasteiger partial charge in [-0.1, -0.05) is 24.3 Å². The van der Waals surface area contributed by atoms with Gasteiger partial charge in [-0.2, -0.15) is 0 Å². The van der Waals surface area contributed by atoms with Crippen molar-refractivity contribution in [1.82, 2.24) is 5.32 Å². The monoisotopic (exact) mass is 369 g/mol. The molecule has 3 rings (SSSR count). The maximum absolute atomic E-state index is 12.1. The van der Waals surface area contributed by atoms with Crippen LogP contribution in [0.5, 0.6) is 0 Å². The Bertz CT molecular complexity index is 776. The number of anilines is 2. The molecule has 0 aromatic heterocycles. The number of carbonyl (C=O) groups is 2. The molecular weight excluding hydrogens is 346 g/mol. The third kappa shape index (κ3) is 5.52. The lowest BCUT2D eigenvalue weighted by atomic mass is 10.1. The van der Waals surface area contributed by atoms with E-state index in [1.165, 1.54) is 4.90 Å². The smallest absolute Gasteiger partial charge is 0.319 e. The van der Waals surface area contributed by atoms with E-state index in [1.54, 1.807) is 17.8 Å². The first kappa shape index (κ1) is 18.3. The summed E-state index contributed by atoms with van der Waals surface area (Å²) in [5.74, 6) is 1.01. The van der Waals surface area contributed by atoms with Gasteiger partial charge >= 0.3 is 6.03 Å². The van der Waals surface area contributed by atoms with Crippen LogP contribution in [0.4, 0.5) is 16.2 Å². The van der Waals surface area contributed by atoms with Crippen LogP contribution in [0.15, 0.2) is 53.4 Å². The number of urea groups is 1. The zero-order valence-electron chi connectivity index (χ0n) is 14.7. The molecule has 0 unspecified atom stereocenters. The zero-order chi connectivity index (χ0) is 18.4. The van der Waals surface area contributed by atoms with Crippen molar-refractivity contribution < 1.29 is 9.59 Å². The molecule has 0 saturated heterocycles. The quantitative estimate of drug-likeness (QED) is 0.504. The van der Waals surface area contributed by atoms with E-state index in [-0.39, 0.29) is 17.9 Å². The Morgan fingerprint density at radius 1 is 1.08 bits per heavy atom. The normalized spacial score (nSPS) is 13.1. The van der Waals surface area contributed by atoms with E-state index in [0.717, 1.165) is 24.2 Å². The van der Waals surface area contributed by atoms with Gasteiger partial charge in [0.15, 0.2) is 0 Å². The van der Waals surface area contributed by atoms with E-state index >= 15 is 0 Å². The van der Waals surface area contributed by atoms with Gasteiger partial charge in [-0.3, -0.25) is 4.79 Å². The van der Waals surface area contributed by atoms with Gasteiger partial charge in [-0.05, 0) is 49.6 Å². The fraction of sp³-hybridized carbons (Fsp3) is 0.300. The molecule has 1 aliphatic rings. The first-order chi connectivity index (χ1) is 12.6. The van der Waals surface area contributed by atoms with Gasteiger partial charge in [0.1, 0.15) is 0 Å². The minimum Gasteiger partial charge on any atom is -0.337 e. The number of benzene rings is 2. The third-order valence-electron chi connectivity index (χ3n) is 4.10. The van der Waals surface area contributed by atoms with Crippen molar-refractivity contribution in [2.24, 2.45) is 5.92 Å². The second kappa shape index (κ2) is 8.76. The van der Waals surface area contributed by atoms with E-state index in [0.29, 0.717) is 17.9 Å². The van der Waals surface area contributed by atoms with Crippen molar-refractivity contribution >= 4 is 35.1 Å². The highest BCUT2D eigenvalue weighted by Gasteiger charge is 2.29. The van der Waals surface area contributed by atoms with Crippen LogP contribution in [0.3, 0.4) is 0 Å². The predicted molar refractivity (Wildman–Crippen MR) is 107 cm³/mol. The summed E-state index contributed by atoms with van der Waals surface area (Å²) in [7, 11) is 0. The summed E-state index contributed by atoms with van der Waals surface area (Å²) in [4.78, 5) is 25.2. The molecule has 0 bridgehead atoms. The Hall–Kier alpha value is -2.47. The standard InChI is InChI=1S/C20H23N3O2S/c1-14-7-10-16(22-19(24)15-8-9-15)13-18(14)23-20(25)21-11-12-26-17-5-3-2-4-6-17/h2-7,10,13,15H,8-9,11-12H2,1H3,(H,22,24)(H2,21,23,25). The number of hydrogen-bond donors (Lipinski definition) is 3. The molecule has 0 spiro atoms. The number of rotatable bonds is 7. The van der Waals surface area contributed by atoms with Crippen LogP contribution in [0.25, 0.3) is 0 Å². The van der Waals surface area contributed by atoms with Crippen molar-refractivity contribution in [3.05, 3.63) is 54.1 Å². The molecule has 3 amide bonds. The van der Waals surface area contributed by atoms with E-state index < -0.39 is 0 Å². The molecule has 0 heterocycles. The van der Waals surface area contributed by atoms with Crippen LogP contribution in [0, 0.1) is 12.8 Å². The maximum Gasteiger partial charge on any atom is 0.319 e. The molecule has 3 N–H and O–H groups in total. The van der Waals surface area contributed by atoms with Crippen LogP contribution in [0.2, 0.25) is 0 Å². The van der Waals surface area contributed by atoms with E-state index in [1.807, 2.05) is 37.3 Å². The first-order valence-electron chi connectivity index (χ1n) is 8.76. The lowest BCUT2D eigenvalue weighted by molar-refractivity contribution is -0.117. The lowest BCUT2D eigenvalue weighted by Crippen LogP contribution is -2.30. The van der Waals surface area contributed by atoms with Crippen molar-refractivity contribution in [3.63, 3.8) is 0 Å². The van der Waals surface area contributed by atoms with Crippen molar-refractivity contribution in [2.75, 3.05) is 22.9 Å². The fourth-order valence-corrected chi connectivity index (χ4v) is 3.23. The molecule has 2 aromatic carbocycles. The average molecular weight is 369 g/mol. The molecule has 0 radical (unpaired) electrons. The summed E-state index contributed by atoms with van der Waals surface area (Å²) < 4.78 is 0. The lowest BCUT2D eigenvalue weighted by Gasteiger charge is -2.12. The number of hydrogen-bond acceptors (Lipinski definition) is 3. The number of amides is 3. The minimum atomic E-state index is -0.243. The van der Waals surface area contributed by atoms with Gasteiger partial charge < -0.3 is 16.0 Å². The van der Waals surface area contributed by atoms with Crippen molar-refractivity contribution in [2.45, 2.75) is 24.7 Å². The summed E-state index contributed by atoms with van der Waals surface area (Å²) in [5, 5.41) is 8.62. The number of nitrogens with one attached hydrogen (secondary N) is 3. The molecule has 1 fully saturated rings. The third-order valence-corrected chi connectivity index (χ3v) is 5.11. The van der Waals surface area contributed by atoms with Gasteiger partial charge in [-0.15, -0.1) is 11.8 Å². The fourth-order valence-electron chi connectivity index (χ4n) is 2.44. The van der Waals surface area contributed by atoms with Crippen LogP contribution >= 0.6 is 11.8 Å². The largest absolute Gasteiger partial charge is 0.337 e. The van der Waals surface area contributed by atoms with E-state index in [4.69, 9.17) is 0 Å². The second-order valence-electron chi connectivity index (χ2n) is 6.34. The SMILES string of the molecule is Cc1ccc(NC(=O)C2CC2)cc1NC(=O)NCCSc1ccccc1. The predicted octanol–water partition coefficient (Wildman–Crippen LogP) is 4.26. The highest BCUT2D eigenvalue weighted by Crippen LogP contribution is 2.30. The van der Waals surface area contributed by atoms with Gasteiger partial charge in [0, 0.05) is 34.5 Å². The Balaban J connectivity index is 1.46. The molecule has 2 aromatic rings. The topological polar surface area (TPSA) is 70.2 Å². The van der Waals surface area contributed by atoms with E-state index in [9.17, 15) is 9.59 Å². The second-order valence-corrected chi connectivity index (χ2v) is 7.50. The molecular formula is C20H23N3O2S. The highest BCUT2D eigenvalue weighted by molar-refractivity contribution is 7.99. The molecule has 5 nitrogen and oxygen atoms in total. The molecule has 0 aliphatic heterocycles. The van der Waals surface area contributed by atoms with Gasteiger partial charge in [0.25, 0.3) is 0 Å². The molecule has 6 heteroatoms. The molecule has 26 heavy (non-hydrogen) atoms. The average Bonchev–Trinajstić information content (AvgIpc) is 3.48. The maximum atomic E-state index is 12.1. The molecule has 136 valence electrons. The van der Waals surface area contributed by atoms with Crippen molar-refractivity contribution in [3.8, 4) is 0 Å². The highest BCUT2D eigenvalue weighted by atomic mass is 32.2. The van der Waals surface area contributed by atoms with Crippen LogP contribution in [-0.2, 0) is 4.79 Å². The summed E-state index contributed by atoms with van der Waals surface area (Å²) >= 11 is 1.70. The van der Waals surface area contributed by atoms with Crippen LogP contribution < -0.4 is 16.0 Å². The summed E-state index contributed by atoms with van der Waals surface area (Å²) in [6, 6.07) is 15.4. The molecule has 0 atom stereocenters. The van der Waals surface area contributed by atoms with Crippen LogP contribution in [0.1, 0.15) is 18.4 Å².